The molecule has 0 amide bonds. The Kier molecular flexibility index (Phi) is 3.11. The number of likely N-dealkylation sites (tertiary alicyclic amines) is 1. The molecular weight excluding hydrogens is 280 g/mol. The first kappa shape index (κ1) is 11.5. The number of ether oxygens (including phenoxy) is 1. The largest absolute Gasteiger partial charge is 0.398 e. The summed E-state index contributed by atoms with van der Waals surface area (Å²) in [6, 6.07) is 6.19. The number of nitrogens with zero attached hydrogens (tertiary/aromatic N) is 1. The van der Waals surface area contributed by atoms with E-state index in [2.05, 4.69) is 33.0 Å². The number of fused-ring (bicyclic) bond motifs is 2. The van der Waals surface area contributed by atoms with Gasteiger partial charge in [0.25, 0.3) is 0 Å². The van der Waals surface area contributed by atoms with Crippen LogP contribution in [0.1, 0.15) is 18.4 Å². The smallest absolute Gasteiger partial charge is 0.0707 e. The van der Waals surface area contributed by atoms with Crippen molar-refractivity contribution in [2.75, 3.05) is 18.8 Å². The molecule has 92 valence electrons. The Morgan fingerprint density at radius 3 is 2.65 bits per heavy atom. The van der Waals surface area contributed by atoms with E-state index in [9.17, 15) is 0 Å². The van der Waals surface area contributed by atoms with Crippen molar-refractivity contribution < 1.29 is 4.74 Å². The van der Waals surface area contributed by atoms with Crippen molar-refractivity contribution >= 4 is 21.6 Å². The zero-order valence-electron chi connectivity index (χ0n) is 9.73. The molecule has 2 fully saturated rings. The van der Waals surface area contributed by atoms with Gasteiger partial charge in [-0.15, -0.1) is 0 Å². The van der Waals surface area contributed by atoms with Crippen LogP contribution < -0.4 is 5.73 Å². The number of halogens is 1. The van der Waals surface area contributed by atoms with Gasteiger partial charge in [0.15, 0.2) is 0 Å². The third kappa shape index (κ3) is 2.49. The number of benzene rings is 1. The summed E-state index contributed by atoms with van der Waals surface area (Å²) in [7, 11) is 0. The van der Waals surface area contributed by atoms with Crippen molar-refractivity contribution in [1.29, 1.82) is 0 Å². The van der Waals surface area contributed by atoms with Crippen molar-refractivity contribution in [3.63, 3.8) is 0 Å². The lowest BCUT2D eigenvalue weighted by atomic mass is 10.2. The molecule has 2 N–H and O–H groups in total. The molecule has 2 bridgehead atoms. The highest BCUT2D eigenvalue weighted by molar-refractivity contribution is 9.10. The third-order valence-corrected chi connectivity index (χ3v) is 4.28. The van der Waals surface area contributed by atoms with Crippen LogP contribution in [0.15, 0.2) is 22.7 Å². The fraction of sp³-hybridized carbons (Fsp3) is 0.538. The van der Waals surface area contributed by atoms with E-state index >= 15 is 0 Å². The minimum Gasteiger partial charge on any atom is -0.398 e. The first-order valence-corrected chi connectivity index (χ1v) is 6.92. The molecule has 1 aromatic rings. The monoisotopic (exact) mass is 296 g/mol. The van der Waals surface area contributed by atoms with Gasteiger partial charge in [-0.3, -0.25) is 4.90 Å². The molecule has 1 aromatic carbocycles. The van der Waals surface area contributed by atoms with Gasteiger partial charge in [0.2, 0.25) is 0 Å². The van der Waals surface area contributed by atoms with Gasteiger partial charge in [-0.2, -0.15) is 0 Å². The lowest BCUT2D eigenvalue weighted by molar-refractivity contribution is -0.0410. The van der Waals surface area contributed by atoms with Crippen LogP contribution >= 0.6 is 15.9 Å². The minimum atomic E-state index is 0.464. The third-order valence-electron chi connectivity index (χ3n) is 3.59. The summed E-state index contributed by atoms with van der Waals surface area (Å²) < 4.78 is 6.83. The lowest BCUT2D eigenvalue weighted by Gasteiger charge is -2.32. The number of hydrogen-bond acceptors (Lipinski definition) is 3. The Morgan fingerprint density at radius 1 is 1.29 bits per heavy atom. The quantitative estimate of drug-likeness (QED) is 0.852. The van der Waals surface area contributed by atoms with E-state index in [0.29, 0.717) is 12.2 Å². The number of anilines is 1. The molecule has 2 heterocycles. The fourth-order valence-corrected chi connectivity index (χ4v) is 3.18. The Bertz CT molecular complexity index is 412. The lowest BCUT2D eigenvalue weighted by Crippen LogP contribution is -2.41. The van der Waals surface area contributed by atoms with Crippen molar-refractivity contribution in [3.8, 4) is 0 Å². The maximum absolute atomic E-state index is 5.84. The summed E-state index contributed by atoms with van der Waals surface area (Å²) in [5.41, 5.74) is 7.91. The predicted octanol–water partition coefficient (Wildman–Crippen LogP) is 2.39. The molecule has 0 aliphatic carbocycles. The average molecular weight is 297 g/mol. The molecule has 4 heteroatoms. The van der Waals surface area contributed by atoms with Crippen LogP contribution in [0.4, 0.5) is 5.69 Å². The number of morpholine rings is 1. The molecule has 3 nitrogen and oxygen atoms in total. The molecule has 0 spiro atoms. The van der Waals surface area contributed by atoms with Crippen LogP contribution in [0.25, 0.3) is 0 Å². The molecule has 0 aromatic heterocycles. The molecule has 0 radical (unpaired) electrons. The Morgan fingerprint density at radius 2 is 2.00 bits per heavy atom. The van der Waals surface area contributed by atoms with E-state index in [1.165, 1.54) is 18.4 Å². The minimum absolute atomic E-state index is 0.464. The van der Waals surface area contributed by atoms with Gasteiger partial charge in [-0.25, -0.2) is 0 Å². The topological polar surface area (TPSA) is 38.5 Å². The van der Waals surface area contributed by atoms with Crippen LogP contribution in [0.5, 0.6) is 0 Å². The van der Waals surface area contributed by atoms with Gasteiger partial charge in [0, 0.05) is 29.8 Å². The number of nitrogens with two attached hydrogens (primary N) is 1. The van der Waals surface area contributed by atoms with Crippen molar-refractivity contribution in [3.05, 3.63) is 28.2 Å². The molecular formula is C13H17BrN2O. The molecule has 0 saturated carbocycles. The van der Waals surface area contributed by atoms with Crippen molar-refractivity contribution in [1.82, 2.24) is 4.90 Å². The second-order valence-corrected chi connectivity index (χ2v) is 5.86. The van der Waals surface area contributed by atoms with Gasteiger partial charge >= 0.3 is 0 Å². The standard InChI is InChI=1S/C13H17BrN2O/c14-12-5-9(1-4-13(12)15)6-16-7-10-2-3-11(8-16)17-10/h1,4-5,10-11H,2-3,6-8,15H2. The Labute approximate surface area is 110 Å². The van der Waals surface area contributed by atoms with Gasteiger partial charge in [0.1, 0.15) is 0 Å². The van der Waals surface area contributed by atoms with Crippen LogP contribution in [0.3, 0.4) is 0 Å². The second-order valence-electron chi connectivity index (χ2n) is 5.01. The number of rotatable bonds is 2. The van der Waals surface area contributed by atoms with E-state index in [1.54, 1.807) is 0 Å². The SMILES string of the molecule is Nc1ccc(CN2CC3CCC(C2)O3)cc1Br. The highest BCUT2D eigenvalue weighted by atomic mass is 79.9. The van der Waals surface area contributed by atoms with Crippen molar-refractivity contribution in [2.45, 2.75) is 31.6 Å². The van der Waals surface area contributed by atoms with E-state index in [1.807, 2.05) is 6.07 Å². The second kappa shape index (κ2) is 4.59. The van der Waals surface area contributed by atoms with Crippen molar-refractivity contribution in [2.24, 2.45) is 0 Å². The highest BCUT2D eigenvalue weighted by Gasteiger charge is 2.33. The van der Waals surface area contributed by atoms with Gasteiger partial charge < -0.3 is 10.5 Å². The van der Waals surface area contributed by atoms with Crippen LogP contribution in [0.2, 0.25) is 0 Å². The van der Waals surface area contributed by atoms with Crippen LogP contribution in [-0.4, -0.2) is 30.2 Å². The average Bonchev–Trinajstić information content (AvgIpc) is 2.64. The predicted molar refractivity (Wildman–Crippen MR) is 71.7 cm³/mol. The normalized spacial score (nSPS) is 28.5. The van der Waals surface area contributed by atoms with E-state index < -0.39 is 0 Å². The number of hydrogen-bond donors (Lipinski definition) is 1. The molecule has 2 unspecified atom stereocenters. The maximum Gasteiger partial charge on any atom is 0.0707 e. The molecule has 2 atom stereocenters. The summed E-state index contributed by atoms with van der Waals surface area (Å²) in [6.07, 6.45) is 3.39. The van der Waals surface area contributed by atoms with Crippen LogP contribution in [-0.2, 0) is 11.3 Å². The van der Waals surface area contributed by atoms with E-state index in [-0.39, 0.29) is 0 Å². The number of nitrogen functional groups attached to an aromatic ring is 1. The first-order chi connectivity index (χ1) is 8.20. The summed E-state index contributed by atoms with van der Waals surface area (Å²) in [5.74, 6) is 0. The molecule has 17 heavy (non-hydrogen) atoms. The zero-order chi connectivity index (χ0) is 11.8. The van der Waals surface area contributed by atoms with Gasteiger partial charge in [-0.1, -0.05) is 6.07 Å². The molecule has 2 aliphatic rings. The van der Waals surface area contributed by atoms with E-state index in [0.717, 1.165) is 29.8 Å². The maximum atomic E-state index is 5.84. The summed E-state index contributed by atoms with van der Waals surface area (Å²) in [6.45, 7) is 3.13. The van der Waals surface area contributed by atoms with Gasteiger partial charge in [-0.05, 0) is 46.5 Å². The molecule has 2 saturated heterocycles. The summed E-state index contributed by atoms with van der Waals surface area (Å²) in [5, 5.41) is 0. The first-order valence-electron chi connectivity index (χ1n) is 6.12. The highest BCUT2D eigenvalue weighted by Crippen LogP contribution is 2.28. The molecule has 2 aliphatic heterocycles. The molecule has 3 rings (SSSR count). The fourth-order valence-electron chi connectivity index (χ4n) is 2.76. The Balaban J connectivity index is 1.68. The summed E-state index contributed by atoms with van der Waals surface area (Å²) in [4.78, 5) is 2.49. The Hall–Kier alpha value is -0.580. The van der Waals surface area contributed by atoms with E-state index in [4.69, 9.17) is 10.5 Å². The van der Waals surface area contributed by atoms with Crippen LogP contribution in [0, 0.1) is 0 Å². The van der Waals surface area contributed by atoms with Gasteiger partial charge in [0.05, 0.1) is 12.2 Å². The summed E-state index contributed by atoms with van der Waals surface area (Å²) >= 11 is 3.48. The zero-order valence-corrected chi connectivity index (χ0v) is 11.3.